The average Bonchev–Trinajstić information content (AvgIpc) is 2.95. The molecular formula is C30H26O6. The molecule has 4 rings (SSSR count). The molecule has 0 atom stereocenters. The Morgan fingerprint density at radius 1 is 0.750 bits per heavy atom. The van der Waals surface area contributed by atoms with Crippen LogP contribution in [0.2, 0.25) is 0 Å². The lowest BCUT2D eigenvalue weighted by molar-refractivity contribution is 0.0600. The van der Waals surface area contributed by atoms with E-state index >= 15 is 0 Å². The zero-order chi connectivity index (χ0) is 25.3. The van der Waals surface area contributed by atoms with Crippen LogP contribution in [0.5, 0.6) is 17.2 Å². The highest BCUT2D eigenvalue weighted by molar-refractivity contribution is 6.02. The third-order valence-electron chi connectivity index (χ3n) is 5.62. The first-order chi connectivity index (χ1) is 17.6. The minimum Gasteiger partial charge on any atom is -0.497 e. The number of hydrogen-bond acceptors (Lipinski definition) is 6. The molecule has 0 aliphatic heterocycles. The lowest BCUT2D eigenvalue weighted by Gasteiger charge is -2.18. The van der Waals surface area contributed by atoms with E-state index in [1.807, 2.05) is 60.7 Å². The number of hydrogen-bond donors (Lipinski definition) is 0. The third kappa shape index (κ3) is 5.73. The standard InChI is InChI=1S/C30H26O6/c1-33-25-16-27(30(32)34-2)29(28(17-25)36-20-22-11-7-4-8-12-22)26-14-13-24(15-23(26)18-31)35-19-21-9-5-3-6-10-21/h3-18H,19-20H2,1-2H3. The molecule has 0 aliphatic rings. The predicted octanol–water partition coefficient (Wildman–Crippen LogP) is 6.12. The van der Waals surface area contributed by atoms with Crippen LogP contribution in [-0.2, 0) is 18.0 Å². The zero-order valence-electron chi connectivity index (χ0n) is 20.1. The van der Waals surface area contributed by atoms with Crippen molar-refractivity contribution in [2.24, 2.45) is 0 Å². The van der Waals surface area contributed by atoms with Gasteiger partial charge in [0.15, 0.2) is 6.29 Å². The number of carbonyl (C=O) groups is 2. The number of benzene rings is 4. The second-order valence-electron chi connectivity index (χ2n) is 7.96. The first kappa shape index (κ1) is 24.5. The maximum absolute atomic E-state index is 12.8. The van der Waals surface area contributed by atoms with Crippen molar-refractivity contribution >= 4 is 12.3 Å². The molecule has 0 radical (unpaired) electrons. The Morgan fingerprint density at radius 2 is 1.39 bits per heavy atom. The number of carbonyl (C=O) groups excluding carboxylic acids is 2. The number of ether oxygens (including phenoxy) is 4. The van der Waals surface area contributed by atoms with Gasteiger partial charge in [-0.1, -0.05) is 60.7 Å². The fraction of sp³-hybridized carbons (Fsp3) is 0.133. The third-order valence-corrected chi connectivity index (χ3v) is 5.62. The molecule has 6 nitrogen and oxygen atoms in total. The van der Waals surface area contributed by atoms with Crippen LogP contribution >= 0.6 is 0 Å². The quantitative estimate of drug-likeness (QED) is 0.200. The minimum atomic E-state index is -0.574. The summed E-state index contributed by atoms with van der Waals surface area (Å²) in [6, 6.07) is 27.8. The summed E-state index contributed by atoms with van der Waals surface area (Å²) < 4.78 is 22.5. The van der Waals surface area contributed by atoms with Crippen molar-refractivity contribution in [3.63, 3.8) is 0 Å². The van der Waals surface area contributed by atoms with Crippen LogP contribution in [0.1, 0.15) is 31.8 Å². The van der Waals surface area contributed by atoms with Gasteiger partial charge in [-0.25, -0.2) is 4.79 Å². The fourth-order valence-corrected chi connectivity index (χ4v) is 3.80. The van der Waals surface area contributed by atoms with Crippen LogP contribution < -0.4 is 14.2 Å². The smallest absolute Gasteiger partial charge is 0.338 e. The van der Waals surface area contributed by atoms with Crippen LogP contribution in [0.15, 0.2) is 91.0 Å². The van der Waals surface area contributed by atoms with Crippen molar-refractivity contribution in [2.75, 3.05) is 14.2 Å². The molecular weight excluding hydrogens is 456 g/mol. The van der Waals surface area contributed by atoms with Crippen LogP contribution in [0.25, 0.3) is 11.1 Å². The molecule has 0 unspecified atom stereocenters. The first-order valence-electron chi connectivity index (χ1n) is 11.4. The van der Waals surface area contributed by atoms with Crippen LogP contribution in [0.4, 0.5) is 0 Å². The van der Waals surface area contributed by atoms with Gasteiger partial charge in [0.2, 0.25) is 0 Å². The fourth-order valence-electron chi connectivity index (χ4n) is 3.80. The largest absolute Gasteiger partial charge is 0.497 e. The van der Waals surface area contributed by atoms with Gasteiger partial charge in [0.1, 0.15) is 30.5 Å². The second-order valence-corrected chi connectivity index (χ2v) is 7.96. The molecule has 0 N–H and O–H groups in total. The van der Waals surface area contributed by atoms with E-state index in [1.165, 1.54) is 14.2 Å². The predicted molar refractivity (Wildman–Crippen MR) is 137 cm³/mol. The van der Waals surface area contributed by atoms with Gasteiger partial charge in [0.05, 0.1) is 19.8 Å². The summed E-state index contributed by atoms with van der Waals surface area (Å²) in [6.07, 6.45) is 0.733. The van der Waals surface area contributed by atoms with E-state index in [-0.39, 0.29) is 12.2 Å². The summed E-state index contributed by atoms with van der Waals surface area (Å²) in [5.41, 5.74) is 3.49. The monoisotopic (exact) mass is 482 g/mol. The molecule has 4 aromatic carbocycles. The minimum absolute atomic E-state index is 0.223. The van der Waals surface area contributed by atoms with Crippen molar-refractivity contribution in [1.82, 2.24) is 0 Å². The topological polar surface area (TPSA) is 71.1 Å². The Morgan fingerprint density at radius 3 is 1.97 bits per heavy atom. The highest BCUT2D eigenvalue weighted by Gasteiger charge is 2.23. The Bertz CT molecular complexity index is 1330. The van der Waals surface area contributed by atoms with Gasteiger partial charge < -0.3 is 18.9 Å². The molecule has 0 aliphatic carbocycles. The van der Waals surface area contributed by atoms with Gasteiger partial charge in [-0.15, -0.1) is 0 Å². The van der Waals surface area contributed by atoms with Crippen LogP contribution in [0.3, 0.4) is 0 Å². The second kappa shape index (κ2) is 11.7. The Balaban J connectivity index is 1.75. The van der Waals surface area contributed by atoms with E-state index in [4.69, 9.17) is 18.9 Å². The number of rotatable bonds is 10. The summed E-state index contributed by atoms with van der Waals surface area (Å²) >= 11 is 0. The number of aldehydes is 1. The van der Waals surface area contributed by atoms with E-state index in [9.17, 15) is 9.59 Å². The summed E-state index contributed by atoms with van der Waals surface area (Å²) in [5.74, 6) is 0.775. The molecule has 36 heavy (non-hydrogen) atoms. The summed E-state index contributed by atoms with van der Waals surface area (Å²) in [5, 5.41) is 0. The Hall–Kier alpha value is -4.58. The first-order valence-corrected chi connectivity index (χ1v) is 11.4. The normalized spacial score (nSPS) is 10.4. The summed E-state index contributed by atoms with van der Waals surface area (Å²) in [4.78, 5) is 24.9. The molecule has 4 aromatic rings. The Kier molecular flexibility index (Phi) is 7.98. The van der Waals surface area contributed by atoms with Crippen molar-refractivity contribution in [3.05, 3.63) is 113 Å². The van der Waals surface area contributed by atoms with E-state index in [2.05, 4.69) is 0 Å². The van der Waals surface area contributed by atoms with Crippen molar-refractivity contribution in [2.45, 2.75) is 13.2 Å². The molecule has 0 saturated heterocycles. The molecule has 0 bridgehead atoms. The molecule has 0 saturated carbocycles. The van der Waals surface area contributed by atoms with E-state index in [1.54, 1.807) is 30.3 Å². The number of methoxy groups -OCH3 is 2. The van der Waals surface area contributed by atoms with Gasteiger partial charge in [-0.05, 0) is 41.0 Å². The number of esters is 1. The lowest BCUT2D eigenvalue weighted by atomic mass is 9.94. The zero-order valence-corrected chi connectivity index (χ0v) is 20.1. The van der Waals surface area contributed by atoms with Gasteiger partial charge >= 0.3 is 5.97 Å². The molecule has 0 amide bonds. The maximum Gasteiger partial charge on any atom is 0.338 e. The van der Waals surface area contributed by atoms with E-state index in [0.717, 1.165) is 17.4 Å². The molecule has 0 aromatic heterocycles. The molecule has 6 heteroatoms. The van der Waals surface area contributed by atoms with E-state index < -0.39 is 5.97 Å². The van der Waals surface area contributed by atoms with Crippen molar-refractivity contribution in [1.29, 1.82) is 0 Å². The summed E-state index contributed by atoms with van der Waals surface area (Å²) in [6.45, 7) is 0.621. The molecule has 182 valence electrons. The van der Waals surface area contributed by atoms with E-state index in [0.29, 0.717) is 40.5 Å². The van der Waals surface area contributed by atoms with Gasteiger partial charge in [-0.2, -0.15) is 0 Å². The molecule has 0 heterocycles. The SMILES string of the molecule is COC(=O)c1cc(OC)cc(OCc2ccccc2)c1-c1ccc(OCc2ccccc2)cc1C=O. The highest BCUT2D eigenvalue weighted by Crippen LogP contribution is 2.40. The van der Waals surface area contributed by atoms with Gasteiger partial charge in [0, 0.05) is 17.2 Å². The highest BCUT2D eigenvalue weighted by atomic mass is 16.5. The van der Waals surface area contributed by atoms with Crippen LogP contribution in [-0.4, -0.2) is 26.5 Å². The maximum atomic E-state index is 12.8. The summed E-state index contributed by atoms with van der Waals surface area (Å²) in [7, 11) is 2.81. The van der Waals surface area contributed by atoms with Gasteiger partial charge in [0.25, 0.3) is 0 Å². The van der Waals surface area contributed by atoms with Crippen LogP contribution in [0, 0.1) is 0 Å². The van der Waals surface area contributed by atoms with Crippen molar-refractivity contribution < 1.29 is 28.5 Å². The average molecular weight is 483 g/mol. The lowest BCUT2D eigenvalue weighted by Crippen LogP contribution is -2.08. The molecule has 0 fully saturated rings. The Labute approximate surface area is 210 Å². The van der Waals surface area contributed by atoms with Gasteiger partial charge in [-0.3, -0.25) is 4.79 Å². The molecule has 0 spiro atoms. The van der Waals surface area contributed by atoms with Crippen molar-refractivity contribution in [3.8, 4) is 28.4 Å².